The third kappa shape index (κ3) is 2.72. The van der Waals surface area contributed by atoms with Gasteiger partial charge in [0.25, 0.3) is 0 Å². The standard InChI is InChI=1S/C12H14FN5/c1-7-5-9(13)3-4-10(7)16-11-6-8(2)15-12(17-11)18-14/h3-6H,14H2,1-2H3,(H2,15,16,17,18). The molecule has 0 aliphatic rings. The molecule has 0 radical (unpaired) electrons. The fourth-order valence-corrected chi connectivity index (χ4v) is 1.60. The Morgan fingerprint density at radius 1 is 1.17 bits per heavy atom. The average molecular weight is 247 g/mol. The van der Waals surface area contributed by atoms with E-state index in [1.807, 2.05) is 13.8 Å². The summed E-state index contributed by atoms with van der Waals surface area (Å²) in [6, 6.07) is 6.30. The van der Waals surface area contributed by atoms with E-state index in [-0.39, 0.29) is 5.82 Å². The Morgan fingerprint density at radius 2 is 1.94 bits per heavy atom. The lowest BCUT2D eigenvalue weighted by Gasteiger charge is -2.10. The number of benzene rings is 1. The lowest BCUT2D eigenvalue weighted by molar-refractivity contribution is 0.627. The maximum Gasteiger partial charge on any atom is 0.239 e. The molecule has 1 aromatic carbocycles. The van der Waals surface area contributed by atoms with E-state index in [0.29, 0.717) is 11.8 Å². The SMILES string of the molecule is Cc1cc(Nc2ccc(F)cc2C)nc(NN)n1. The van der Waals surface area contributed by atoms with Gasteiger partial charge in [0.15, 0.2) is 0 Å². The van der Waals surface area contributed by atoms with Gasteiger partial charge in [0, 0.05) is 17.4 Å². The number of nitrogen functional groups attached to an aromatic ring is 1. The van der Waals surface area contributed by atoms with Gasteiger partial charge in [-0.05, 0) is 37.6 Å². The van der Waals surface area contributed by atoms with Crippen molar-refractivity contribution < 1.29 is 4.39 Å². The zero-order chi connectivity index (χ0) is 13.1. The molecule has 0 saturated carbocycles. The van der Waals surface area contributed by atoms with Gasteiger partial charge in [0.05, 0.1) is 0 Å². The first-order valence-corrected chi connectivity index (χ1v) is 5.44. The van der Waals surface area contributed by atoms with Crippen LogP contribution in [-0.4, -0.2) is 9.97 Å². The first kappa shape index (κ1) is 12.3. The van der Waals surface area contributed by atoms with Crippen LogP contribution >= 0.6 is 0 Å². The van der Waals surface area contributed by atoms with Gasteiger partial charge in [-0.3, -0.25) is 5.43 Å². The largest absolute Gasteiger partial charge is 0.340 e. The van der Waals surface area contributed by atoms with Gasteiger partial charge in [0.1, 0.15) is 11.6 Å². The fourth-order valence-electron chi connectivity index (χ4n) is 1.60. The van der Waals surface area contributed by atoms with Crippen molar-refractivity contribution in [1.82, 2.24) is 9.97 Å². The summed E-state index contributed by atoms with van der Waals surface area (Å²) in [4.78, 5) is 8.24. The molecule has 0 saturated heterocycles. The van der Waals surface area contributed by atoms with Crippen LogP contribution < -0.4 is 16.6 Å². The summed E-state index contributed by atoms with van der Waals surface area (Å²) in [7, 11) is 0. The zero-order valence-electron chi connectivity index (χ0n) is 10.2. The van der Waals surface area contributed by atoms with Gasteiger partial charge < -0.3 is 5.32 Å². The van der Waals surface area contributed by atoms with Crippen molar-refractivity contribution >= 4 is 17.5 Å². The maximum atomic E-state index is 13.0. The predicted octanol–water partition coefficient (Wildman–Crippen LogP) is 2.26. The molecule has 2 aromatic rings. The van der Waals surface area contributed by atoms with Crippen molar-refractivity contribution in [1.29, 1.82) is 0 Å². The molecule has 0 fully saturated rings. The summed E-state index contributed by atoms with van der Waals surface area (Å²) in [5.41, 5.74) is 4.76. The molecular formula is C12H14FN5. The number of nitrogens with two attached hydrogens (primary N) is 1. The van der Waals surface area contributed by atoms with Crippen molar-refractivity contribution in [2.45, 2.75) is 13.8 Å². The van der Waals surface area contributed by atoms with Crippen LogP contribution in [0, 0.1) is 19.7 Å². The van der Waals surface area contributed by atoms with Gasteiger partial charge in [-0.25, -0.2) is 15.2 Å². The van der Waals surface area contributed by atoms with Gasteiger partial charge >= 0.3 is 0 Å². The number of hydrazine groups is 1. The zero-order valence-corrected chi connectivity index (χ0v) is 10.2. The molecule has 18 heavy (non-hydrogen) atoms. The highest BCUT2D eigenvalue weighted by Gasteiger charge is 2.04. The first-order valence-electron chi connectivity index (χ1n) is 5.44. The number of halogens is 1. The Kier molecular flexibility index (Phi) is 3.38. The van der Waals surface area contributed by atoms with Gasteiger partial charge in [-0.2, -0.15) is 4.98 Å². The molecule has 0 unspecified atom stereocenters. The number of aryl methyl sites for hydroxylation is 2. The van der Waals surface area contributed by atoms with Crippen LogP contribution in [0.2, 0.25) is 0 Å². The second kappa shape index (κ2) is 4.97. The summed E-state index contributed by atoms with van der Waals surface area (Å²) < 4.78 is 13.0. The van der Waals surface area contributed by atoms with Gasteiger partial charge in [-0.1, -0.05) is 0 Å². The second-order valence-electron chi connectivity index (χ2n) is 3.95. The number of aromatic nitrogens is 2. The van der Waals surface area contributed by atoms with Crippen molar-refractivity contribution in [2.75, 3.05) is 10.7 Å². The molecule has 0 aliphatic carbocycles. The molecule has 0 spiro atoms. The van der Waals surface area contributed by atoms with Crippen LogP contribution in [0.5, 0.6) is 0 Å². The van der Waals surface area contributed by atoms with Crippen molar-refractivity contribution in [3.05, 3.63) is 41.3 Å². The van der Waals surface area contributed by atoms with E-state index in [9.17, 15) is 4.39 Å². The highest BCUT2D eigenvalue weighted by atomic mass is 19.1. The molecule has 4 N–H and O–H groups in total. The van der Waals surface area contributed by atoms with Crippen LogP contribution in [0.25, 0.3) is 0 Å². The third-order valence-corrected chi connectivity index (χ3v) is 2.43. The quantitative estimate of drug-likeness (QED) is 0.573. The minimum Gasteiger partial charge on any atom is -0.340 e. The Morgan fingerprint density at radius 3 is 2.61 bits per heavy atom. The highest BCUT2D eigenvalue weighted by Crippen LogP contribution is 2.20. The summed E-state index contributed by atoms with van der Waals surface area (Å²) in [6.07, 6.45) is 0. The van der Waals surface area contributed by atoms with E-state index < -0.39 is 0 Å². The van der Waals surface area contributed by atoms with Gasteiger partial charge in [-0.15, -0.1) is 0 Å². The third-order valence-electron chi connectivity index (χ3n) is 2.43. The highest BCUT2D eigenvalue weighted by molar-refractivity contribution is 5.61. The van der Waals surface area contributed by atoms with Crippen molar-refractivity contribution in [3.63, 3.8) is 0 Å². The smallest absolute Gasteiger partial charge is 0.239 e. The van der Waals surface area contributed by atoms with Crippen LogP contribution in [0.15, 0.2) is 24.3 Å². The molecule has 2 rings (SSSR count). The number of hydrogen-bond donors (Lipinski definition) is 3. The van der Waals surface area contributed by atoms with Crippen molar-refractivity contribution in [3.8, 4) is 0 Å². The average Bonchev–Trinajstić information content (AvgIpc) is 2.32. The molecule has 1 aromatic heterocycles. The molecular weight excluding hydrogens is 233 g/mol. The predicted molar refractivity (Wildman–Crippen MR) is 69.0 cm³/mol. The van der Waals surface area contributed by atoms with E-state index in [4.69, 9.17) is 5.84 Å². The minimum atomic E-state index is -0.263. The summed E-state index contributed by atoms with van der Waals surface area (Å²) in [5, 5.41) is 3.10. The van der Waals surface area contributed by atoms with Crippen LogP contribution in [0.1, 0.15) is 11.3 Å². The lowest BCUT2D eigenvalue weighted by atomic mass is 10.2. The summed E-state index contributed by atoms with van der Waals surface area (Å²) in [6.45, 7) is 3.66. The van der Waals surface area contributed by atoms with E-state index in [2.05, 4.69) is 20.7 Å². The first-order chi connectivity index (χ1) is 8.58. The van der Waals surface area contributed by atoms with E-state index in [0.717, 1.165) is 16.9 Å². The molecule has 0 aliphatic heterocycles. The van der Waals surface area contributed by atoms with E-state index >= 15 is 0 Å². The normalized spacial score (nSPS) is 10.2. The number of rotatable bonds is 3. The Bertz CT molecular complexity index is 570. The van der Waals surface area contributed by atoms with Crippen LogP contribution in [0.3, 0.4) is 0 Å². The molecule has 1 heterocycles. The maximum absolute atomic E-state index is 13.0. The van der Waals surface area contributed by atoms with Crippen LogP contribution in [-0.2, 0) is 0 Å². The number of nitrogens with zero attached hydrogens (tertiary/aromatic N) is 2. The minimum absolute atomic E-state index is 0.263. The molecule has 6 heteroatoms. The lowest BCUT2D eigenvalue weighted by Crippen LogP contribution is -2.12. The Balaban J connectivity index is 2.30. The Labute approximate surface area is 104 Å². The summed E-state index contributed by atoms with van der Waals surface area (Å²) in [5.74, 6) is 5.95. The molecule has 5 nitrogen and oxygen atoms in total. The topological polar surface area (TPSA) is 75.9 Å². The van der Waals surface area contributed by atoms with E-state index in [1.165, 1.54) is 12.1 Å². The van der Waals surface area contributed by atoms with Crippen LogP contribution in [0.4, 0.5) is 21.8 Å². The molecule has 0 bridgehead atoms. The van der Waals surface area contributed by atoms with Gasteiger partial charge in [0.2, 0.25) is 5.95 Å². The Hall–Kier alpha value is -2.21. The van der Waals surface area contributed by atoms with E-state index in [1.54, 1.807) is 12.1 Å². The monoisotopic (exact) mass is 247 g/mol. The van der Waals surface area contributed by atoms with Crippen molar-refractivity contribution in [2.24, 2.45) is 5.84 Å². The molecule has 0 amide bonds. The summed E-state index contributed by atoms with van der Waals surface area (Å²) >= 11 is 0. The second-order valence-corrected chi connectivity index (χ2v) is 3.95. The number of anilines is 3. The molecule has 94 valence electrons. The number of nitrogens with one attached hydrogen (secondary N) is 2. The number of hydrogen-bond acceptors (Lipinski definition) is 5. The molecule has 0 atom stereocenters. The fraction of sp³-hybridized carbons (Fsp3) is 0.167.